The van der Waals surface area contributed by atoms with Gasteiger partial charge in [-0.25, -0.2) is 0 Å². The van der Waals surface area contributed by atoms with Gasteiger partial charge in [0.05, 0.1) is 0 Å². The van der Waals surface area contributed by atoms with Gasteiger partial charge in [0.2, 0.25) is 0 Å². The molecule has 0 N–H and O–H groups in total. The number of benzene rings is 3. The normalized spacial score (nSPS) is 12.2. The molecule has 0 radical (unpaired) electrons. The third kappa shape index (κ3) is 3.76. The van der Waals surface area contributed by atoms with Crippen molar-refractivity contribution in [3.05, 3.63) is 95.6 Å². The van der Waals surface area contributed by atoms with E-state index in [0.29, 0.717) is 11.8 Å². The Labute approximate surface area is 164 Å². The highest BCUT2D eigenvalue weighted by Gasteiger charge is 2.20. The average Bonchev–Trinajstić information content (AvgIpc) is 2.65. The van der Waals surface area contributed by atoms with E-state index in [-0.39, 0.29) is 0 Å². The lowest BCUT2D eigenvalue weighted by Gasteiger charge is -2.24. The predicted octanol–water partition coefficient (Wildman–Crippen LogP) is 7.87. The molecule has 0 aliphatic rings. The molecule has 0 spiro atoms. The molecule has 1 atom stereocenters. The van der Waals surface area contributed by atoms with Crippen LogP contribution in [0, 0.1) is 26.7 Å². The van der Waals surface area contributed by atoms with Crippen LogP contribution in [0.3, 0.4) is 0 Å². The van der Waals surface area contributed by atoms with E-state index in [1.807, 2.05) is 0 Å². The van der Waals surface area contributed by atoms with Gasteiger partial charge < -0.3 is 0 Å². The Morgan fingerprint density at radius 2 is 1.44 bits per heavy atom. The molecule has 0 bridgehead atoms. The van der Waals surface area contributed by atoms with Crippen molar-refractivity contribution in [1.29, 1.82) is 0 Å². The van der Waals surface area contributed by atoms with Crippen molar-refractivity contribution in [2.45, 2.75) is 40.5 Å². The standard InChI is InChI=1S/C27H30/c1-7-23(18(2)3)25-16-17-26(22-14-12-19(4)13-15-22)27(21(25)6)24-11-9-8-10-20(24)5/h7-18,23H,1H2,2-6H3. The third-order valence-corrected chi connectivity index (χ3v) is 5.62. The minimum atomic E-state index is 0.361. The largest absolute Gasteiger partial charge is 0.102 e. The minimum absolute atomic E-state index is 0.361. The van der Waals surface area contributed by atoms with Crippen molar-refractivity contribution in [1.82, 2.24) is 0 Å². The molecule has 0 aliphatic heterocycles. The van der Waals surface area contributed by atoms with E-state index in [1.54, 1.807) is 0 Å². The Morgan fingerprint density at radius 1 is 0.778 bits per heavy atom. The lowest BCUT2D eigenvalue weighted by atomic mass is 9.80. The molecule has 3 aromatic rings. The third-order valence-electron chi connectivity index (χ3n) is 5.62. The Morgan fingerprint density at radius 3 is 2.04 bits per heavy atom. The first-order valence-electron chi connectivity index (χ1n) is 9.83. The van der Waals surface area contributed by atoms with Gasteiger partial charge in [-0.05, 0) is 65.6 Å². The molecule has 0 saturated carbocycles. The zero-order valence-electron chi connectivity index (χ0n) is 17.2. The maximum absolute atomic E-state index is 4.11. The molecule has 0 heterocycles. The van der Waals surface area contributed by atoms with Crippen LogP contribution in [0.25, 0.3) is 22.3 Å². The van der Waals surface area contributed by atoms with E-state index in [2.05, 4.69) is 108 Å². The van der Waals surface area contributed by atoms with Crippen molar-refractivity contribution in [2.75, 3.05) is 0 Å². The summed E-state index contributed by atoms with van der Waals surface area (Å²) in [5.41, 5.74) is 10.6. The van der Waals surface area contributed by atoms with Gasteiger partial charge >= 0.3 is 0 Å². The van der Waals surface area contributed by atoms with Crippen molar-refractivity contribution in [3.63, 3.8) is 0 Å². The highest BCUT2D eigenvalue weighted by Crippen LogP contribution is 2.41. The Hall–Kier alpha value is -2.60. The van der Waals surface area contributed by atoms with E-state index in [9.17, 15) is 0 Å². The number of rotatable bonds is 5. The molecule has 0 aromatic heterocycles. The summed E-state index contributed by atoms with van der Waals surface area (Å²) in [5, 5.41) is 0. The monoisotopic (exact) mass is 354 g/mol. The van der Waals surface area contributed by atoms with Crippen molar-refractivity contribution < 1.29 is 0 Å². The number of hydrogen-bond acceptors (Lipinski definition) is 0. The first-order chi connectivity index (χ1) is 12.9. The van der Waals surface area contributed by atoms with Crippen molar-refractivity contribution in [3.8, 4) is 22.3 Å². The van der Waals surface area contributed by atoms with Crippen LogP contribution in [-0.4, -0.2) is 0 Å². The van der Waals surface area contributed by atoms with E-state index in [4.69, 9.17) is 0 Å². The Balaban J connectivity index is 2.32. The van der Waals surface area contributed by atoms with Gasteiger partial charge in [-0.1, -0.05) is 86.2 Å². The lowest BCUT2D eigenvalue weighted by Crippen LogP contribution is -2.07. The van der Waals surface area contributed by atoms with E-state index in [1.165, 1.54) is 44.5 Å². The van der Waals surface area contributed by atoms with Gasteiger partial charge in [0, 0.05) is 5.92 Å². The van der Waals surface area contributed by atoms with Gasteiger partial charge in [-0.15, -0.1) is 6.58 Å². The summed E-state index contributed by atoms with van der Waals surface area (Å²) in [6.07, 6.45) is 2.10. The van der Waals surface area contributed by atoms with Crippen LogP contribution >= 0.6 is 0 Å². The fraction of sp³-hybridized carbons (Fsp3) is 0.259. The quantitative estimate of drug-likeness (QED) is 0.409. The zero-order chi connectivity index (χ0) is 19.6. The van der Waals surface area contributed by atoms with Crippen LogP contribution in [0.5, 0.6) is 0 Å². The molecule has 27 heavy (non-hydrogen) atoms. The maximum Gasteiger partial charge on any atom is 0.00411 e. The van der Waals surface area contributed by atoms with Crippen LogP contribution in [0.4, 0.5) is 0 Å². The summed E-state index contributed by atoms with van der Waals surface area (Å²) < 4.78 is 0. The summed E-state index contributed by atoms with van der Waals surface area (Å²) >= 11 is 0. The smallest absolute Gasteiger partial charge is 0.00411 e. The predicted molar refractivity (Wildman–Crippen MR) is 119 cm³/mol. The molecule has 3 aromatic carbocycles. The Kier molecular flexibility index (Phi) is 5.65. The van der Waals surface area contributed by atoms with Gasteiger partial charge in [0.1, 0.15) is 0 Å². The summed E-state index contributed by atoms with van der Waals surface area (Å²) in [6, 6.07) is 22.2. The van der Waals surface area contributed by atoms with Gasteiger partial charge in [0.25, 0.3) is 0 Å². The average molecular weight is 355 g/mol. The molecule has 0 saturated heterocycles. The number of allylic oxidation sites excluding steroid dienone is 1. The molecule has 0 aliphatic carbocycles. The SMILES string of the molecule is C=CC(c1ccc(-c2ccc(C)cc2)c(-c2ccccc2C)c1C)C(C)C. The summed E-state index contributed by atoms with van der Waals surface area (Å²) in [6.45, 7) is 15.3. The summed E-state index contributed by atoms with van der Waals surface area (Å²) in [7, 11) is 0. The second kappa shape index (κ2) is 7.96. The fourth-order valence-electron chi connectivity index (χ4n) is 4.02. The maximum atomic E-state index is 4.11. The molecule has 1 unspecified atom stereocenters. The molecule has 0 amide bonds. The lowest BCUT2D eigenvalue weighted by molar-refractivity contribution is 0.577. The van der Waals surface area contributed by atoms with E-state index < -0.39 is 0 Å². The number of aryl methyl sites for hydroxylation is 2. The van der Waals surface area contributed by atoms with Gasteiger partial charge in [-0.3, -0.25) is 0 Å². The molecule has 138 valence electrons. The summed E-state index contributed by atoms with van der Waals surface area (Å²) in [4.78, 5) is 0. The first-order valence-corrected chi connectivity index (χ1v) is 9.83. The van der Waals surface area contributed by atoms with Crippen molar-refractivity contribution >= 4 is 0 Å². The Bertz CT molecular complexity index is 942. The van der Waals surface area contributed by atoms with Crippen LogP contribution in [-0.2, 0) is 0 Å². The van der Waals surface area contributed by atoms with Gasteiger partial charge in [-0.2, -0.15) is 0 Å². The highest BCUT2D eigenvalue weighted by molar-refractivity contribution is 5.88. The van der Waals surface area contributed by atoms with Crippen LogP contribution in [0.15, 0.2) is 73.3 Å². The summed E-state index contributed by atoms with van der Waals surface area (Å²) in [5.74, 6) is 0.885. The zero-order valence-corrected chi connectivity index (χ0v) is 17.2. The molecular weight excluding hydrogens is 324 g/mol. The highest BCUT2D eigenvalue weighted by atomic mass is 14.2. The second-order valence-electron chi connectivity index (χ2n) is 7.89. The molecular formula is C27H30. The molecule has 0 nitrogen and oxygen atoms in total. The number of hydrogen-bond donors (Lipinski definition) is 0. The first kappa shape index (κ1) is 19.2. The second-order valence-corrected chi connectivity index (χ2v) is 7.89. The topological polar surface area (TPSA) is 0 Å². The van der Waals surface area contributed by atoms with Gasteiger partial charge in [0.15, 0.2) is 0 Å². The fourth-order valence-corrected chi connectivity index (χ4v) is 4.02. The van der Waals surface area contributed by atoms with Crippen molar-refractivity contribution in [2.24, 2.45) is 5.92 Å². The molecule has 0 heteroatoms. The van der Waals surface area contributed by atoms with Crippen LogP contribution in [0.2, 0.25) is 0 Å². The minimum Gasteiger partial charge on any atom is -0.102 e. The van der Waals surface area contributed by atoms with E-state index >= 15 is 0 Å². The molecule has 0 fully saturated rings. The van der Waals surface area contributed by atoms with Crippen LogP contribution in [0.1, 0.15) is 42.0 Å². The van der Waals surface area contributed by atoms with E-state index in [0.717, 1.165) is 0 Å². The molecule has 3 rings (SSSR count). The van der Waals surface area contributed by atoms with Crippen LogP contribution < -0.4 is 0 Å².